The van der Waals surface area contributed by atoms with Crippen molar-refractivity contribution in [3.63, 3.8) is 0 Å². The highest BCUT2D eigenvalue weighted by molar-refractivity contribution is 5.09. The van der Waals surface area contributed by atoms with Crippen LogP contribution in [0.3, 0.4) is 0 Å². The Balaban J connectivity index is 1.44. The van der Waals surface area contributed by atoms with Gasteiger partial charge in [0.05, 0.1) is 6.61 Å². The van der Waals surface area contributed by atoms with Crippen LogP contribution in [0.25, 0.3) is 0 Å². The summed E-state index contributed by atoms with van der Waals surface area (Å²) in [6.07, 6.45) is 6.88. The Kier molecular flexibility index (Phi) is 3.02. The first-order valence-corrected chi connectivity index (χ1v) is 6.48. The van der Waals surface area contributed by atoms with E-state index in [-0.39, 0.29) is 0 Å². The number of hydrogen-bond donors (Lipinski definition) is 0. The third kappa shape index (κ3) is 2.44. The molecule has 1 saturated carbocycles. The molecule has 3 heteroatoms. The molecule has 2 aliphatic rings. The molecule has 3 nitrogen and oxygen atoms in total. The van der Waals surface area contributed by atoms with Crippen LogP contribution in [-0.4, -0.2) is 24.8 Å². The smallest absolute Gasteiger partial charge is 0.213 e. The summed E-state index contributed by atoms with van der Waals surface area (Å²) < 4.78 is 11.1. The average Bonchev–Trinajstić information content (AvgIpc) is 2.36. The standard InChI is InChI=1S/C14H19NO2/c1-2-6-15-13(3-1)17-11-12-9-14(10-12)4-7-16-8-5-14/h1-3,6,12H,4-5,7-11H2. The fourth-order valence-electron chi connectivity index (χ4n) is 3.13. The molecule has 0 aromatic carbocycles. The zero-order valence-corrected chi connectivity index (χ0v) is 10.1. The van der Waals surface area contributed by atoms with E-state index in [1.807, 2.05) is 18.2 Å². The zero-order chi connectivity index (χ0) is 11.6. The second kappa shape index (κ2) is 4.65. The molecule has 0 amide bonds. The number of rotatable bonds is 3. The number of hydrogen-bond acceptors (Lipinski definition) is 3. The van der Waals surface area contributed by atoms with Gasteiger partial charge in [-0.25, -0.2) is 4.98 Å². The molecule has 17 heavy (non-hydrogen) atoms. The predicted molar refractivity (Wildman–Crippen MR) is 64.9 cm³/mol. The Labute approximate surface area is 102 Å². The van der Waals surface area contributed by atoms with Gasteiger partial charge in [-0.3, -0.25) is 0 Å². The van der Waals surface area contributed by atoms with Gasteiger partial charge in [0.15, 0.2) is 0 Å². The van der Waals surface area contributed by atoms with Crippen molar-refractivity contribution in [1.29, 1.82) is 0 Å². The van der Waals surface area contributed by atoms with E-state index in [1.165, 1.54) is 25.7 Å². The minimum atomic E-state index is 0.594. The summed E-state index contributed by atoms with van der Waals surface area (Å²) in [6.45, 7) is 2.72. The summed E-state index contributed by atoms with van der Waals surface area (Å²) >= 11 is 0. The fraction of sp³-hybridized carbons (Fsp3) is 0.643. The van der Waals surface area contributed by atoms with Crippen molar-refractivity contribution >= 4 is 0 Å². The lowest BCUT2D eigenvalue weighted by atomic mass is 9.58. The van der Waals surface area contributed by atoms with Crippen LogP contribution in [0, 0.1) is 11.3 Å². The molecule has 0 atom stereocenters. The maximum atomic E-state index is 5.70. The number of ether oxygens (including phenoxy) is 2. The van der Waals surface area contributed by atoms with Gasteiger partial charge in [0.25, 0.3) is 0 Å². The molecule has 92 valence electrons. The molecule has 1 aliphatic carbocycles. The highest BCUT2D eigenvalue weighted by atomic mass is 16.5. The lowest BCUT2D eigenvalue weighted by molar-refractivity contribution is -0.0688. The van der Waals surface area contributed by atoms with Gasteiger partial charge in [-0.05, 0) is 43.1 Å². The minimum absolute atomic E-state index is 0.594. The van der Waals surface area contributed by atoms with Crippen LogP contribution in [0.2, 0.25) is 0 Å². The predicted octanol–water partition coefficient (Wildman–Crippen LogP) is 2.67. The van der Waals surface area contributed by atoms with Gasteiger partial charge in [-0.2, -0.15) is 0 Å². The van der Waals surface area contributed by atoms with E-state index in [0.717, 1.165) is 31.6 Å². The van der Waals surface area contributed by atoms with E-state index in [4.69, 9.17) is 9.47 Å². The summed E-state index contributed by atoms with van der Waals surface area (Å²) in [5.41, 5.74) is 0.594. The van der Waals surface area contributed by atoms with E-state index >= 15 is 0 Å². The number of aromatic nitrogens is 1. The molecule has 0 N–H and O–H groups in total. The largest absolute Gasteiger partial charge is 0.477 e. The maximum absolute atomic E-state index is 5.70. The fourth-order valence-corrected chi connectivity index (χ4v) is 3.13. The third-order valence-electron chi connectivity index (χ3n) is 4.10. The Morgan fingerprint density at radius 1 is 1.29 bits per heavy atom. The van der Waals surface area contributed by atoms with Crippen molar-refractivity contribution in [3.05, 3.63) is 24.4 Å². The normalized spacial score (nSPS) is 23.3. The van der Waals surface area contributed by atoms with Crippen molar-refractivity contribution in [2.45, 2.75) is 25.7 Å². The molecule has 0 radical (unpaired) electrons. The summed E-state index contributed by atoms with van der Waals surface area (Å²) in [5.74, 6) is 1.47. The number of pyridine rings is 1. The van der Waals surface area contributed by atoms with Gasteiger partial charge < -0.3 is 9.47 Å². The van der Waals surface area contributed by atoms with Crippen molar-refractivity contribution < 1.29 is 9.47 Å². The molecular formula is C14H19NO2. The van der Waals surface area contributed by atoms with Crippen LogP contribution in [0.15, 0.2) is 24.4 Å². The van der Waals surface area contributed by atoms with Gasteiger partial charge in [-0.1, -0.05) is 6.07 Å². The monoisotopic (exact) mass is 233 g/mol. The zero-order valence-electron chi connectivity index (χ0n) is 10.1. The van der Waals surface area contributed by atoms with Crippen molar-refractivity contribution in [1.82, 2.24) is 4.98 Å². The summed E-state index contributed by atoms with van der Waals surface area (Å²) in [7, 11) is 0. The van der Waals surface area contributed by atoms with Gasteiger partial charge in [-0.15, -0.1) is 0 Å². The van der Waals surface area contributed by atoms with Gasteiger partial charge in [0.1, 0.15) is 0 Å². The topological polar surface area (TPSA) is 31.4 Å². The average molecular weight is 233 g/mol. The van der Waals surface area contributed by atoms with Gasteiger partial charge >= 0.3 is 0 Å². The lowest BCUT2D eigenvalue weighted by Crippen LogP contribution is -2.43. The first kappa shape index (κ1) is 11.0. The SMILES string of the molecule is c1ccc(OCC2CC3(CCOCC3)C2)nc1. The molecule has 3 rings (SSSR count). The molecule has 2 fully saturated rings. The molecule has 0 unspecified atom stereocenters. The maximum Gasteiger partial charge on any atom is 0.213 e. The van der Waals surface area contributed by atoms with E-state index in [9.17, 15) is 0 Å². The molecule has 0 bridgehead atoms. The molecule has 1 aliphatic heterocycles. The molecule has 1 saturated heterocycles. The Hall–Kier alpha value is -1.09. The highest BCUT2D eigenvalue weighted by Crippen LogP contribution is 2.52. The van der Waals surface area contributed by atoms with Gasteiger partial charge in [0, 0.05) is 25.5 Å². The minimum Gasteiger partial charge on any atom is -0.477 e. The first-order valence-electron chi connectivity index (χ1n) is 6.48. The summed E-state index contributed by atoms with van der Waals surface area (Å²) in [5, 5.41) is 0. The summed E-state index contributed by atoms with van der Waals surface area (Å²) in [6, 6.07) is 5.79. The van der Waals surface area contributed by atoms with Crippen molar-refractivity contribution in [2.24, 2.45) is 11.3 Å². The molecule has 1 spiro atoms. The lowest BCUT2D eigenvalue weighted by Gasteiger charge is -2.49. The molecule has 1 aromatic rings. The van der Waals surface area contributed by atoms with Crippen LogP contribution >= 0.6 is 0 Å². The van der Waals surface area contributed by atoms with Crippen molar-refractivity contribution in [2.75, 3.05) is 19.8 Å². The van der Waals surface area contributed by atoms with Crippen LogP contribution in [0.4, 0.5) is 0 Å². The molecule has 1 aromatic heterocycles. The van der Waals surface area contributed by atoms with Crippen LogP contribution in [0.5, 0.6) is 5.88 Å². The molecular weight excluding hydrogens is 214 g/mol. The molecule has 2 heterocycles. The second-order valence-electron chi connectivity index (χ2n) is 5.37. The van der Waals surface area contributed by atoms with Crippen LogP contribution in [-0.2, 0) is 4.74 Å². The Bertz CT molecular complexity index is 352. The van der Waals surface area contributed by atoms with Crippen molar-refractivity contribution in [3.8, 4) is 5.88 Å². The quantitative estimate of drug-likeness (QED) is 0.804. The van der Waals surface area contributed by atoms with E-state index in [0.29, 0.717) is 5.41 Å². The van der Waals surface area contributed by atoms with E-state index in [2.05, 4.69) is 4.98 Å². The third-order valence-corrected chi connectivity index (χ3v) is 4.10. The van der Waals surface area contributed by atoms with Gasteiger partial charge in [0.2, 0.25) is 5.88 Å². The first-order chi connectivity index (χ1) is 8.36. The summed E-state index contributed by atoms with van der Waals surface area (Å²) in [4.78, 5) is 4.17. The Morgan fingerprint density at radius 2 is 2.12 bits per heavy atom. The van der Waals surface area contributed by atoms with E-state index < -0.39 is 0 Å². The second-order valence-corrected chi connectivity index (χ2v) is 5.37. The van der Waals surface area contributed by atoms with Crippen LogP contribution < -0.4 is 4.74 Å². The Morgan fingerprint density at radius 3 is 2.82 bits per heavy atom. The van der Waals surface area contributed by atoms with E-state index in [1.54, 1.807) is 6.20 Å². The number of nitrogens with zero attached hydrogens (tertiary/aromatic N) is 1. The van der Waals surface area contributed by atoms with Crippen LogP contribution in [0.1, 0.15) is 25.7 Å². The highest BCUT2D eigenvalue weighted by Gasteiger charge is 2.44.